The van der Waals surface area contributed by atoms with E-state index in [0.29, 0.717) is 0 Å². The predicted molar refractivity (Wildman–Crippen MR) is 53.7 cm³/mol. The van der Waals surface area contributed by atoms with Crippen molar-refractivity contribution in [3.63, 3.8) is 0 Å². The molecule has 0 unspecified atom stereocenters. The highest BCUT2D eigenvalue weighted by Gasteiger charge is 2.17. The average Bonchev–Trinajstić information content (AvgIpc) is 2.11. The maximum Gasteiger partial charge on any atom is 0.341 e. The van der Waals surface area contributed by atoms with Gasteiger partial charge in [-0.2, -0.15) is 0 Å². The number of rotatable bonds is 4. The highest BCUT2D eigenvalue weighted by molar-refractivity contribution is 9.09. The minimum Gasteiger partial charge on any atom is -0.465 e. The zero-order chi connectivity index (χ0) is 10.4. The summed E-state index contributed by atoms with van der Waals surface area (Å²) >= 11 is 3.00. The van der Waals surface area contributed by atoms with Gasteiger partial charge in [0, 0.05) is 0 Å². The molecule has 0 aromatic rings. The van der Waals surface area contributed by atoms with E-state index >= 15 is 0 Å². The highest BCUT2D eigenvalue weighted by Crippen LogP contribution is 2.07. The van der Waals surface area contributed by atoms with Crippen molar-refractivity contribution in [2.24, 2.45) is 5.92 Å². The van der Waals surface area contributed by atoms with Gasteiger partial charge in [0.1, 0.15) is 0 Å². The van der Waals surface area contributed by atoms with Gasteiger partial charge in [0.15, 0.2) is 5.78 Å². The van der Waals surface area contributed by atoms with E-state index in [1.165, 1.54) is 7.11 Å². The summed E-state index contributed by atoms with van der Waals surface area (Å²) in [6.07, 6.45) is 1.61. The lowest BCUT2D eigenvalue weighted by Gasteiger charge is -2.03. The molecule has 0 aliphatic heterocycles. The maximum absolute atomic E-state index is 11.2. The monoisotopic (exact) mass is 248 g/mol. The third-order valence-corrected chi connectivity index (χ3v) is 1.84. The molecule has 0 aliphatic rings. The van der Waals surface area contributed by atoms with E-state index in [1.807, 2.05) is 13.8 Å². The van der Waals surface area contributed by atoms with E-state index in [4.69, 9.17) is 0 Å². The molecule has 0 spiro atoms. The van der Waals surface area contributed by atoms with Gasteiger partial charge in [-0.05, 0) is 5.92 Å². The predicted octanol–water partition coefficient (Wildman–Crippen LogP) is 1.71. The Balaban J connectivity index is 4.75. The van der Waals surface area contributed by atoms with Crippen molar-refractivity contribution in [3.8, 4) is 0 Å². The van der Waals surface area contributed by atoms with E-state index in [0.717, 1.165) is 0 Å². The van der Waals surface area contributed by atoms with Crippen LogP contribution in [0.25, 0.3) is 0 Å². The molecule has 13 heavy (non-hydrogen) atoms. The number of ether oxygens (including phenoxy) is 1. The second kappa shape index (κ2) is 5.91. The van der Waals surface area contributed by atoms with Gasteiger partial charge in [-0.15, -0.1) is 0 Å². The average molecular weight is 249 g/mol. The van der Waals surface area contributed by atoms with Crippen molar-refractivity contribution in [1.29, 1.82) is 0 Å². The van der Waals surface area contributed by atoms with Crippen LogP contribution in [0.2, 0.25) is 0 Å². The van der Waals surface area contributed by atoms with Crippen molar-refractivity contribution in [3.05, 3.63) is 11.6 Å². The van der Waals surface area contributed by atoms with Gasteiger partial charge in [-0.25, -0.2) is 4.79 Å². The molecule has 0 rings (SSSR count). The van der Waals surface area contributed by atoms with Crippen LogP contribution >= 0.6 is 15.9 Å². The van der Waals surface area contributed by atoms with Crippen LogP contribution in [-0.4, -0.2) is 24.2 Å². The molecule has 4 heteroatoms. The number of ketones is 1. The number of allylic oxidation sites excluding steroid dienone is 1. The SMILES string of the molecule is COC(=O)C(=CC(C)C)C(=O)CBr. The second-order valence-electron chi connectivity index (χ2n) is 2.87. The largest absolute Gasteiger partial charge is 0.465 e. The van der Waals surface area contributed by atoms with Crippen molar-refractivity contribution >= 4 is 27.7 Å². The molecule has 0 amide bonds. The van der Waals surface area contributed by atoms with E-state index in [2.05, 4.69) is 20.7 Å². The van der Waals surface area contributed by atoms with Gasteiger partial charge in [-0.3, -0.25) is 4.79 Å². The number of methoxy groups -OCH3 is 1. The molecule has 0 bridgehead atoms. The normalized spacial score (nSPS) is 11.6. The Morgan fingerprint density at radius 3 is 2.31 bits per heavy atom. The molecule has 0 aromatic heterocycles. The molecule has 0 N–H and O–H groups in total. The number of carbonyl (C=O) groups excluding carboxylic acids is 2. The standard InChI is InChI=1S/C9H13BrO3/c1-6(2)4-7(8(11)5-10)9(12)13-3/h4,6H,5H2,1-3H3. The van der Waals surface area contributed by atoms with Crippen LogP contribution in [0.5, 0.6) is 0 Å². The van der Waals surface area contributed by atoms with Crippen molar-refractivity contribution in [1.82, 2.24) is 0 Å². The van der Waals surface area contributed by atoms with Crippen molar-refractivity contribution in [2.75, 3.05) is 12.4 Å². The number of hydrogen-bond acceptors (Lipinski definition) is 3. The number of alkyl halides is 1. The summed E-state index contributed by atoms with van der Waals surface area (Å²) in [6.45, 7) is 3.79. The van der Waals surface area contributed by atoms with Gasteiger partial charge < -0.3 is 4.74 Å². The third kappa shape index (κ3) is 4.22. The lowest BCUT2D eigenvalue weighted by molar-refractivity contribution is -0.137. The van der Waals surface area contributed by atoms with Crippen LogP contribution < -0.4 is 0 Å². The summed E-state index contributed by atoms with van der Waals surface area (Å²) in [6, 6.07) is 0. The molecule has 0 aliphatic carbocycles. The molecule has 0 fully saturated rings. The summed E-state index contributed by atoms with van der Waals surface area (Å²) in [7, 11) is 1.26. The quantitative estimate of drug-likeness (QED) is 0.250. The fraction of sp³-hybridized carbons (Fsp3) is 0.556. The lowest BCUT2D eigenvalue weighted by Crippen LogP contribution is -2.16. The van der Waals surface area contributed by atoms with Gasteiger partial charge in [0.25, 0.3) is 0 Å². The minimum absolute atomic E-state index is 0.120. The van der Waals surface area contributed by atoms with Crippen LogP contribution in [0, 0.1) is 5.92 Å². The number of esters is 1. The van der Waals surface area contributed by atoms with Gasteiger partial charge in [-0.1, -0.05) is 35.9 Å². The second-order valence-corrected chi connectivity index (χ2v) is 3.43. The summed E-state index contributed by atoms with van der Waals surface area (Å²) in [5.41, 5.74) is 0.120. The van der Waals surface area contributed by atoms with E-state index < -0.39 is 5.97 Å². The van der Waals surface area contributed by atoms with E-state index in [9.17, 15) is 9.59 Å². The number of hydrogen-bond donors (Lipinski definition) is 0. The Bertz CT molecular complexity index is 213. The van der Waals surface area contributed by atoms with Crippen LogP contribution in [0.3, 0.4) is 0 Å². The zero-order valence-corrected chi connectivity index (χ0v) is 9.55. The van der Waals surface area contributed by atoms with Gasteiger partial charge >= 0.3 is 5.97 Å². The summed E-state index contributed by atoms with van der Waals surface area (Å²) < 4.78 is 4.49. The van der Waals surface area contributed by atoms with Crippen molar-refractivity contribution in [2.45, 2.75) is 13.8 Å². The summed E-state index contributed by atoms with van der Waals surface area (Å²) in [5.74, 6) is -0.671. The molecule has 0 radical (unpaired) electrons. The van der Waals surface area contributed by atoms with E-state index in [1.54, 1.807) is 6.08 Å². The Labute approximate surface area is 86.3 Å². The molecule has 0 saturated heterocycles. The summed E-state index contributed by atoms with van der Waals surface area (Å²) in [5, 5.41) is 0.140. The van der Waals surface area contributed by atoms with Crippen LogP contribution in [0.4, 0.5) is 0 Å². The lowest BCUT2D eigenvalue weighted by atomic mass is 10.1. The third-order valence-electron chi connectivity index (χ3n) is 1.33. The fourth-order valence-electron chi connectivity index (χ4n) is 0.790. The van der Waals surface area contributed by atoms with Gasteiger partial charge in [0.05, 0.1) is 18.0 Å². The topological polar surface area (TPSA) is 43.4 Å². The summed E-state index contributed by atoms with van der Waals surface area (Å²) in [4.78, 5) is 22.3. The smallest absolute Gasteiger partial charge is 0.341 e. The number of carbonyl (C=O) groups is 2. The Morgan fingerprint density at radius 1 is 1.46 bits per heavy atom. The molecule has 0 saturated carbocycles. The molecule has 74 valence electrons. The molecule has 0 aromatic carbocycles. The number of halogens is 1. The molecular formula is C9H13BrO3. The first-order chi connectivity index (χ1) is 6.02. The Hall–Kier alpha value is -0.640. The maximum atomic E-state index is 11.2. The first kappa shape index (κ1) is 12.4. The van der Waals surface area contributed by atoms with Crippen LogP contribution in [0.15, 0.2) is 11.6 Å². The highest BCUT2D eigenvalue weighted by atomic mass is 79.9. The van der Waals surface area contributed by atoms with E-state index in [-0.39, 0.29) is 22.6 Å². The van der Waals surface area contributed by atoms with Crippen LogP contribution in [-0.2, 0) is 14.3 Å². The molecule has 0 atom stereocenters. The van der Waals surface area contributed by atoms with Crippen molar-refractivity contribution < 1.29 is 14.3 Å². The first-order valence-corrected chi connectivity index (χ1v) is 5.04. The number of Topliss-reactive ketones (excluding diaryl/α,β-unsaturated/α-hetero) is 1. The van der Waals surface area contributed by atoms with Crippen LogP contribution in [0.1, 0.15) is 13.8 Å². The first-order valence-electron chi connectivity index (χ1n) is 3.92. The zero-order valence-electron chi connectivity index (χ0n) is 7.96. The molecular weight excluding hydrogens is 236 g/mol. The van der Waals surface area contributed by atoms with Gasteiger partial charge in [0.2, 0.25) is 0 Å². The minimum atomic E-state index is -0.571. The fourth-order valence-corrected chi connectivity index (χ4v) is 1.09. The molecule has 0 heterocycles. The Kier molecular flexibility index (Phi) is 5.62. The molecule has 3 nitrogen and oxygen atoms in total. The Morgan fingerprint density at radius 2 is 2.00 bits per heavy atom.